The van der Waals surface area contributed by atoms with Crippen molar-refractivity contribution in [1.82, 2.24) is 0 Å². The lowest BCUT2D eigenvalue weighted by Crippen LogP contribution is -1.99. The summed E-state index contributed by atoms with van der Waals surface area (Å²) in [5.41, 5.74) is 1.50. The fraction of sp³-hybridized carbons (Fsp3) is 0.188. The van der Waals surface area contributed by atoms with Crippen molar-refractivity contribution < 1.29 is 19.0 Å². The molecule has 0 spiro atoms. The van der Waals surface area contributed by atoms with Gasteiger partial charge in [0.25, 0.3) is 0 Å². The first-order valence-corrected chi connectivity index (χ1v) is 7.05. The molecule has 0 N–H and O–H groups in total. The zero-order valence-electron chi connectivity index (χ0n) is 11.8. The SMILES string of the molecule is COc1ccc(Br)c(COc2ccc(C=O)cc2OC)c1. The molecule has 0 aromatic heterocycles. The molecule has 0 unspecified atom stereocenters. The molecule has 2 rings (SSSR count). The Bertz CT molecular complexity index is 640. The monoisotopic (exact) mass is 350 g/mol. The summed E-state index contributed by atoms with van der Waals surface area (Å²) in [5, 5.41) is 0. The van der Waals surface area contributed by atoms with Gasteiger partial charge in [-0.15, -0.1) is 0 Å². The first-order valence-electron chi connectivity index (χ1n) is 6.26. The van der Waals surface area contributed by atoms with Crippen molar-refractivity contribution in [3.63, 3.8) is 0 Å². The lowest BCUT2D eigenvalue weighted by atomic mass is 10.2. The topological polar surface area (TPSA) is 44.8 Å². The number of carbonyl (C=O) groups is 1. The molecule has 5 heteroatoms. The second-order valence-corrected chi connectivity index (χ2v) is 5.13. The number of aldehydes is 1. The molecular formula is C16H15BrO4. The summed E-state index contributed by atoms with van der Waals surface area (Å²) < 4.78 is 17.1. The Morgan fingerprint density at radius 3 is 2.52 bits per heavy atom. The zero-order valence-corrected chi connectivity index (χ0v) is 13.3. The summed E-state index contributed by atoms with van der Waals surface area (Å²) >= 11 is 3.48. The molecule has 2 aromatic carbocycles. The number of halogens is 1. The molecule has 0 radical (unpaired) electrons. The summed E-state index contributed by atoms with van der Waals surface area (Å²) in [7, 11) is 3.16. The van der Waals surface area contributed by atoms with Crippen LogP contribution in [0.3, 0.4) is 0 Å². The number of benzene rings is 2. The van der Waals surface area contributed by atoms with Crippen LogP contribution in [0, 0.1) is 0 Å². The molecule has 110 valence electrons. The van der Waals surface area contributed by atoms with Gasteiger partial charge in [-0.1, -0.05) is 15.9 Å². The lowest BCUT2D eigenvalue weighted by molar-refractivity contribution is 0.112. The third-order valence-corrected chi connectivity index (χ3v) is 3.73. The van der Waals surface area contributed by atoms with E-state index in [1.165, 1.54) is 7.11 Å². The predicted octanol–water partition coefficient (Wildman–Crippen LogP) is 3.86. The second-order valence-electron chi connectivity index (χ2n) is 4.27. The zero-order chi connectivity index (χ0) is 15.2. The molecule has 0 heterocycles. The van der Waals surface area contributed by atoms with Gasteiger partial charge < -0.3 is 14.2 Å². The quantitative estimate of drug-likeness (QED) is 0.742. The smallest absolute Gasteiger partial charge is 0.161 e. The van der Waals surface area contributed by atoms with Gasteiger partial charge in [0.1, 0.15) is 18.6 Å². The van der Waals surface area contributed by atoms with Gasteiger partial charge in [-0.25, -0.2) is 0 Å². The minimum Gasteiger partial charge on any atom is -0.497 e. The van der Waals surface area contributed by atoms with Gasteiger partial charge in [0.05, 0.1) is 14.2 Å². The molecule has 2 aromatic rings. The third-order valence-electron chi connectivity index (χ3n) is 2.96. The van der Waals surface area contributed by atoms with E-state index in [9.17, 15) is 4.79 Å². The van der Waals surface area contributed by atoms with Crippen LogP contribution >= 0.6 is 15.9 Å². The Kier molecular flexibility index (Phi) is 5.22. The normalized spacial score (nSPS) is 10.0. The van der Waals surface area contributed by atoms with Crippen LogP contribution in [0.5, 0.6) is 17.2 Å². The van der Waals surface area contributed by atoms with Crippen molar-refractivity contribution in [2.75, 3.05) is 14.2 Å². The van der Waals surface area contributed by atoms with Gasteiger partial charge in [0, 0.05) is 15.6 Å². The fourth-order valence-corrected chi connectivity index (χ4v) is 2.18. The minimum atomic E-state index is 0.356. The standard InChI is InChI=1S/C16H15BrO4/c1-19-13-4-5-14(17)12(8-13)10-21-15-6-3-11(9-18)7-16(15)20-2/h3-9H,10H2,1-2H3. The van der Waals surface area contributed by atoms with E-state index in [0.29, 0.717) is 23.7 Å². The Balaban J connectivity index is 2.18. The van der Waals surface area contributed by atoms with E-state index in [4.69, 9.17) is 14.2 Å². The first-order chi connectivity index (χ1) is 10.2. The van der Waals surface area contributed by atoms with Crippen LogP contribution in [0.15, 0.2) is 40.9 Å². The van der Waals surface area contributed by atoms with Crippen LogP contribution in [-0.4, -0.2) is 20.5 Å². The molecule has 0 aliphatic rings. The van der Waals surface area contributed by atoms with Crippen molar-refractivity contribution in [3.8, 4) is 17.2 Å². The van der Waals surface area contributed by atoms with Gasteiger partial charge in [-0.2, -0.15) is 0 Å². The van der Waals surface area contributed by atoms with Gasteiger partial charge in [-0.05, 0) is 36.4 Å². The maximum Gasteiger partial charge on any atom is 0.161 e. The van der Waals surface area contributed by atoms with Gasteiger partial charge >= 0.3 is 0 Å². The Morgan fingerprint density at radius 2 is 1.86 bits per heavy atom. The summed E-state index contributed by atoms with van der Waals surface area (Å²) in [6.07, 6.45) is 0.769. The minimum absolute atomic E-state index is 0.356. The average Bonchev–Trinajstić information content (AvgIpc) is 2.54. The summed E-state index contributed by atoms with van der Waals surface area (Å²) in [6.45, 7) is 0.356. The summed E-state index contributed by atoms with van der Waals surface area (Å²) in [6, 6.07) is 10.7. The number of carbonyl (C=O) groups excluding carboxylic acids is 1. The van der Waals surface area contributed by atoms with Crippen LogP contribution in [0.4, 0.5) is 0 Å². The maximum absolute atomic E-state index is 10.8. The van der Waals surface area contributed by atoms with Crippen LogP contribution < -0.4 is 14.2 Å². The largest absolute Gasteiger partial charge is 0.497 e. The molecule has 4 nitrogen and oxygen atoms in total. The average molecular weight is 351 g/mol. The highest BCUT2D eigenvalue weighted by molar-refractivity contribution is 9.10. The molecule has 0 saturated carbocycles. The number of methoxy groups -OCH3 is 2. The van der Waals surface area contributed by atoms with Crippen molar-refractivity contribution >= 4 is 22.2 Å². The second kappa shape index (κ2) is 7.13. The molecule has 0 bridgehead atoms. The van der Waals surface area contributed by atoms with Crippen molar-refractivity contribution in [2.45, 2.75) is 6.61 Å². The molecular weight excluding hydrogens is 336 g/mol. The highest BCUT2D eigenvalue weighted by atomic mass is 79.9. The highest BCUT2D eigenvalue weighted by Crippen LogP contribution is 2.30. The molecule has 0 aliphatic carbocycles. The number of hydrogen-bond donors (Lipinski definition) is 0. The van der Waals surface area contributed by atoms with Crippen molar-refractivity contribution in [2.24, 2.45) is 0 Å². The fourth-order valence-electron chi connectivity index (χ4n) is 1.82. The van der Waals surface area contributed by atoms with Gasteiger partial charge in [-0.3, -0.25) is 4.79 Å². The molecule has 0 atom stereocenters. The van der Waals surface area contributed by atoms with E-state index >= 15 is 0 Å². The Hall–Kier alpha value is -2.01. The molecule has 0 fully saturated rings. The molecule has 0 saturated heterocycles. The van der Waals surface area contributed by atoms with E-state index in [1.807, 2.05) is 18.2 Å². The van der Waals surface area contributed by atoms with Crippen LogP contribution in [0.2, 0.25) is 0 Å². The lowest BCUT2D eigenvalue weighted by Gasteiger charge is -2.12. The van der Waals surface area contributed by atoms with Crippen molar-refractivity contribution in [3.05, 3.63) is 52.0 Å². The maximum atomic E-state index is 10.8. The Labute approximate surface area is 131 Å². The highest BCUT2D eigenvalue weighted by Gasteiger charge is 2.08. The van der Waals surface area contributed by atoms with Gasteiger partial charge in [0.15, 0.2) is 11.5 Å². The summed E-state index contributed by atoms with van der Waals surface area (Å²) in [5.74, 6) is 1.87. The molecule has 0 aliphatic heterocycles. The number of ether oxygens (including phenoxy) is 3. The van der Waals surface area contributed by atoms with Crippen molar-refractivity contribution in [1.29, 1.82) is 0 Å². The first kappa shape index (κ1) is 15.4. The predicted molar refractivity (Wildman–Crippen MR) is 83.4 cm³/mol. The van der Waals surface area contributed by atoms with E-state index in [1.54, 1.807) is 25.3 Å². The van der Waals surface area contributed by atoms with Gasteiger partial charge in [0.2, 0.25) is 0 Å². The third kappa shape index (κ3) is 3.76. The Morgan fingerprint density at radius 1 is 1.05 bits per heavy atom. The van der Waals surface area contributed by atoms with Crippen LogP contribution in [0.1, 0.15) is 15.9 Å². The van der Waals surface area contributed by atoms with E-state index in [0.717, 1.165) is 22.1 Å². The van der Waals surface area contributed by atoms with E-state index in [2.05, 4.69) is 15.9 Å². The number of rotatable bonds is 6. The summed E-state index contributed by atoms with van der Waals surface area (Å²) in [4.78, 5) is 10.8. The number of hydrogen-bond acceptors (Lipinski definition) is 4. The molecule has 21 heavy (non-hydrogen) atoms. The van der Waals surface area contributed by atoms with E-state index < -0.39 is 0 Å². The molecule has 0 amide bonds. The van der Waals surface area contributed by atoms with Crippen LogP contribution in [0.25, 0.3) is 0 Å². The van der Waals surface area contributed by atoms with E-state index in [-0.39, 0.29) is 0 Å². The van der Waals surface area contributed by atoms with Crippen LogP contribution in [-0.2, 0) is 6.61 Å².